The molecule has 1 heterocycles. The first-order valence-electron chi connectivity index (χ1n) is 5.31. The van der Waals surface area contributed by atoms with Gasteiger partial charge in [0, 0.05) is 23.0 Å². The van der Waals surface area contributed by atoms with Gasteiger partial charge in [-0.2, -0.15) is 0 Å². The third kappa shape index (κ3) is 3.22. The maximum atomic E-state index is 11.9. The smallest absolute Gasteiger partial charge is 0.241 e. The Morgan fingerprint density at radius 2 is 1.95 bits per heavy atom. The van der Waals surface area contributed by atoms with E-state index in [-0.39, 0.29) is 4.90 Å². The lowest BCUT2D eigenvalue weighted by molar-refractivity contribution is 0.586. The summed E-state index contributed by atoms with van der Waals surface area (Å²) in [5.74, 6) is 0. The van der Waals surface area contributed by atoms with Gasteiger partial charge < -0.3 is 5.73 Å². The summed E-state index contributed by atoms with van der Waals surface area (Å²) in [5.41, 5.74) is 6.02. The molecule has 0 amide bonds. The second kappa shape index (κ2) is 5.55. The number of benzene rings is 1. The third-order valence-corrected chi connectivity index (χ3v) is 4.82. The standard InChI is InChI=1S/C11H12N4O2S2/c1-13-19(16,17)10-7-8(12)3-4-9(10)18-11-14-5-2-6-15-11/h2-7,13H,12H2,1H3. The van der Waals surface area contributed by atoms with Crippen molar-refractivity contribution in [3.63, 3.8) is 0 Å². The number of anilines is 1. The minimum Gasteiger partial charge on any atom is -0.399 e. The van der Waals surface area contributed by atoms with Crippen molar-refractivity contribution in [2.24, 2.45) is 0 Å². The molecule has 2 rings (SSSR count). The Hall–Kier alpha value is -1.64. The second-order valence-corrected chi connectivity index (χ2v) is 6.41. The van der Waals surface area contributed by atoms with Crippen molar-refractivity contribution in [3.05, 3.63) is 36.7 Å². The fraction of sp³-hybridized carbons (Fsp3) is 0.0909. The van der Waals surface area contributed by atoms with Crippen LogP contribution < -0.4 is 10.5 Å². The topological polar surface area (TPSA) is 98.0 Å². The first-order chi connectivity index (χ1) is 9.03. The van der Waals surface area contributed by atoms with E-state index < -0.39 is 10.0 Å². The zero-order chi connectivity index (χ0) is 13.9. The zero-order valence-electron chi connectivity index (χ0n) is 10.1. The van der Waals surface area contributed by atoms with E-state index in [0.29, 0.717) is 15.7 Å². The van der Waals surface area contributed by atoms with Crippen LogP contribution in [0.5, 0.6) is 0 Å². The van der Waals surface area contributed by atoms with E-state index >= 15 is 0 Å². The molecule has 3 N–H and O–H groups in total. The molecule has 100 valence electrons. The summed E-state index contributed by atoms with van der Waals surface area (Å²) < 4.78 is 26.2. The van der Waals surface area contributed by atoms with Crippen LogP contribution in [0, 0.1) is 0 Å². The third-order valence-electron chi connectivity index (χ3n) is 2.27. The Labute approximate surface area is 115 Å². The number of nitrogens with zero attached hydrogens (tertiary/aromatic N) is 2. The molecule has 0 aliphatic rings. The van der Waals surface area contributed by atoms with E-state index in [2.05, 4.69) is 14.7 Å². The van der Waals surface area contributed by atoms with Gasteiger partial charge in [-0.05, 0) is 43.1 Å². The average Bonchev–Trinajstić information content (AvgIpc) is 2.42. The predicted octanol–water partition coefficient (Wildman–Crippen LogP) is 1.12. The van der Waals surface area contributed by atoms with Gasteiger partial charge in [-0.25, -0.2) is 23.1 Å². The van der Waals surface area contributed by atoms with Crippen LogP contribution in [0.1, 0.15) is 0 Å². The first-order valence-corrected chi connectivity index (χ1v) is 7.61. The number of sulfonamides is 1. The molecule has 6 nitrogen and oxygen atoms in total. The molecular weight excluding hydrogens is 284 g/mol. The van der Waals surface area contributed by atoms with Crippen LogP contribution in [0.15, 0.2) is 51.6 Å². The van der Waals surface area contributed by atoms with Gasteiger partial charge in [0.15, 0.2) is 5.16 Å². The van der Waals surface area contributed by atoms with Gasteiger partial charge in [-0.15, -0.1) is 0 Å². The van der Waals surface area contributed by atoms with Gasteiger partial charge in [-0.3, -0.25) is 0 Å². The van der Waals surface area contributed by atoms with Crippen LogP contribution >= 0.6 is 11.8 Å². The Kier molecular flexibility index (Phi) is 4.03. The Morgan fingerprint density at radius 1 is 1.26 bits per heavy atom. The van der Waals surface area contributed by atoms with Crippen molar-refractivity contribution >= 4 is 27.5 Å². The maximum absolute atomic E-state index is 11.9. The lowest BCUT2D eigenvalue weighted by Gasteiger charge is -2.09. The number of hydrogen-bond donors (Lipinski definition) is 2. The van der Waals surface area contributed by atoms with Crippen molar-refractivity contribution < 1.29 is 8.42 Å². The Balaban J connectivity index is 2.47. The minimum atomic E-state index is -3.58. The highest BCUT2D eigenvalue weighted by atomic mass is 32.2. The molecule has 0 spiro atoms. The van der Waals surface area contributed by atoms with Gasteiger partial charge in [0.25, 0.3) is 0 Å². The maximum Gasteiger partial charge on any atom is 0.241 e. The van der Waals surface area contributed by atoms with Crippen molar-refractivity contribution in [2.75, 3.05) is 12.8 Å². The number of nitrogens with two attached hydrogens (primary N) is 1. The molecule has 1 aromatic heterocycles. The fourth-order valence-corrected chi connectivity index (χ4v) is 3.38. The highest BCUT2D eigenvalue weighted by Crippen LogP contribution is 2.31. The van der Waals surface area contributed by atoms with Crippen molar-refractivity contribution in [2.45, 2.75) is 14.9 Å². The molecule has 0 atom stereocenters. The van der Waals surface area contributed by atoms with Crippen molar-refractivity contribution in [3.8, 4) is 0 Å². The largest absolute Gasteiger partial charge is 0.399 e. The summed E-state index contributed by atoms with van der Waals surface area (Å²) in [6.45, 7) is 0. The molecule has 1 aromatic carbocycles. The van der Waals surface area contributed by atoms with Gasteiger partial charge in [-0.1, -0.05) is 0 Å². The van der Waals surface area contributed by atoms with E-state index in [1.165, 1.54) is 24.9 Å². The quantitative estimate of drug-likeness (QED) is 0.648. The summed E-state index contributed by atoms with van der Waals surface area (Å²) >= 11 is 1.17. The van der Waals surface area contributed by atoms with E-state index in [1.807, 2.05) is 0 Å². The van der Waals surface area contributed by atoms with E-state index in [0.717, 1.165) is 0 Å². The van der Waals surface area contributed by atoms with Crippen LogP contribution in [0.4, 0.5) is 5.69 Å². The van der Waals surface area contributed by atoms with Gasteiger partial charge in [0.1, 0.15) is 0 Å². The van der Waals surface area contributed by atoms with Gasteiger partial charge >= 0.3 is 0 Å². The Bertz CT molecular complexity index is 674. The van der Waals surface area contributed by atoms with E-state index in [4.69, 9.17) is 5.73 Å². The van der Waals surface area contributed by atoms with Crippen LogP contribution in [-0.4, -0.2) is 25.4 Å². The first kappa shape index (κ1) is 13.8. The molecule has 19 heavy (non-hydrogen) atoms. The molecule has 0 radical (unpaired) electrons. The van der Waals surface area contributed by atoms with Gasteiger partial charge in [0.05, 0.1) is 4.90 Å². The summed E-state index contributed by atoms with van der Waals surface area (Å²) in [6.07, 6.45) is 3.19. The average molecular weight is 296 g/mol. The molecule has 0 aliphatic heterocycles. The molecule has 0 saturated heterocycles. The highest BCUT2D eigenvalue weighted by molar-refractivity contribution is 8.00. The summed E-state index contributed by atoms with van der Waals surface area (Å²) in [7, 11) is -2.22. The lowest BCUT2D eigenvalue weighted by atomic mass is 10.3. The number of hydrogen-bond acceptors (Lipinski definition) is 6. The molecule has 0 unspecified atom stereocenters. The van der Waals surface area contributed by atoms with Crippen LogP contribution in [0.25, 0.3) is 0 Å². The van der Waals surface area contributed by atoms with Crippen LogP contribution in [0.2, 0.25) is 0 Å². The Morgan fingerprint density at radius 3 is 2.58 bits per heavy atom. The number of nitrogens with one attached hydrogen (secondary N) is 1. The summed E-state index contributed by atoms with van der Waals surface area (Å²) in [6, 6.07) is 6.38. The number of nitrogen functional groups attached to an aromatic ring is 1. The van der Waals surface area contributed by atoms with Crippen LogP contribution in [0.3, 0.4) is 0 Å². The monoisotopic (exact) mass is 296 g/mol. The summed E-state index contributed by atoms with van der Waals surface area (Å²) in [5, 5.41) is 0.472. The van der Waals surface area contributed by atoms with Crippen LogP contribution in [-0.2, 0) is 10.0 Å². The van der Waals surface area contributed by atoms with Gasteiger partial charge in [0.2, 0.25) is 10.0 Å². The number of rotatable bonds is 4. The fourth-order valence-electron chi connectivity index (χ4n) is 1.37. The molecule has 0 saturated carbocycles. The van der Waals surface area contributed by atoms with Crippen molar-refractivity contribution in [1.82, 2.24) is 14.7 Å². The zero-order valence-corrected chi connectivity index (χ0v) is 11.7. The molecule has 0 aliphatic carbocycles. The normalized spacial score (nSPS) is 11.4. The summed E-state index contributed by atoms with van der Waals surface area (Å²) in [4.78, 5) is 8.74. The van der Waals surface area contributed by atoms with E-state index in [9.17, 15) is 8.42 Å². The molecular formula is C11H12N4O2S2. The molecule has 2 aromatic rings. The number of aromatic nitrogens is 2. The minimum absolute atomic E-state index is 0.118. The van der Waals surface area contributed by atoms with E-state index in [1.54, 1.807) is 30.6 Å². The molecule has 0 fully saturated rings. The lowest BCUT2D eigenvalue weighted by Crippen LogP contribution is -2.19. The highest BCUT2D eigenvalue weighted by Gasteiger charge is 2.18. The molecule has 8 heteroatoms. The second-order valence-electron chi connectivity index (χ2n) is 3.55. The molecule has 0 bridgehead atoms. The predicted molar refractivity (Wildman–Crippen MR) is 73.3 cm³/mol. The SMILES string of the molecule is CNS(=O)(=O)c1cc(N)ccc1Sc1ncccn1. The van der Waals surface area contributed by atoms with Crippen molar-refractivity contribution in [1.29, 1.82) is 0 Å².